The Morgan fingerprint density at radius 1 is 0.973 bits per heavy atom. The summed E-state index contributed by atoms with van der Waals surface area (Å²) in [4.78, 5) is 17.4. The molecule has 0 amide bonds. The lowest BCUT2D eigenvalue weighted by molar-refractivity contribution is -0.145. The summed E-state index contributed by atoms with van der Waals surface area (Å²) in [6.45, 7) is 1.91. The third kappa shape index (κ3) is 4.28. The number of nitrogens with zero attached hydrogens (tertiary/aromatic N) is 3. The molecule has 0 spiro atoms. The number of aromatic nitrogens is 3. The molecule has 3 aromatic rings. The Hall–Kier alpha value is -4.02. The number of carbonyl (C=O) groups is 1. The van der Waals surface area contributed by atoms with Gasteiger partial charge in [-0.25, -0.2) is 4.68 Å². The number of rotatable bonds is 5. The first-order valence-corrected chi connectivity index (χ1v) is 11.6. The molecular weight excluding hydrogens is 489 g/mol. The average molecular weight is 515 g/mol. The summed E-state index contributed by atoms with van der Waals surface area (Å²) in [6.07, 6.45) is -4.21. The molecule has 1 N–H and O–H groups in total. The molecule has 8 nitrogen and oxygen atoms in total. The SMILES string of the molecule is COc1cc(C2CC(=O)C3=C(C2)Nc2nc(C(F)(F)F)nn2C3c2ccc(C)cc2)cc(OC)c1OC. The highest BCUT2D eigenvalue weighted by Gasteiger charge is 2.43. The largest absolute Gasteiger partial charge is 0.493 e. The second kappa shape index (κ2) is 9.13. The summed E-state index contributed by atoms with van der Waals surface area (Å²) >= 11 is 0. The number of Topliss-reactive ketones (excluding diaryl/α,β-unsaturated/α-hetero) is 1. The number of ether oxygens (including phenoxy) is 3. The number of hydrogen-bond donors (Lipinski definition) is 1. The Labute approximate surface area is 211 Å². The molecule has 1 aromatic heterocycles. The molecule has 2 unspecified atom stereocenters. The third-order valence-electron chi connectivity index (χ3n) is 6.72. The van der Waals surface area contributed by atoms with Gasteiger partial charge in [0.1, 0.15) is 6.04 Å². The van der Waals surface area contributed by atoms with Crippen LogP contribution in [-0.4, -0.2) is 41.9 Å². The van der Waals surface area contributed by atoms with Gasteiger partial charge in [0.05, 0.1) is 21.3 Å². The number of fused-ring (bicyclic) bond motifs is 1. The van der Waals surface area contributed by atoms with E-state index in [9.17, 15) is 18.0 Å². The Kier molecular flexibility index (Phi) is 6.09. The van der Waals surface area contributed by atoms with Gasteiger partial charge in [-0.3, -0.25) is 4.79 Å². The number of benzene rings is 2. The fraction of sp³-hybridized carbons (Fsp3) is 0.346. The second-order valence-corrected chi connectivity index (χ2v) is 9.02. The van der Waals surface area contributed by atoms with E-state index in [1.165, 1.54) is 21.3 Å². The van der Waals surface area contributed by atoms with E-state index in [0.29, 0.717) is 40.5 Å². The first-order chi connectivity index (χ1) is 17.6. The maximum atomic E-state index is 13.6. The number of anilines is 1. The van der Waals surface area contributed by atoms with Crippen molar-refractivity contribution in [3.63, 3.8) is 0 Å². The fourth-order valence-corrected chi connectivity index (χ4v) is 4.96. The van der Waals surface area contributed by atoms with Crippen molar-refractivity contribution >= 4 is 11.7 Å². The minimum Gasteiger partial charge on any atom is -0.493 e. The smallest absolute Gasteiger partial charge is 0.453 e. The van der Waals surface area contributed by atoms with E-state index < -0.39 is 18.0 Å². The van der Waals surface area contributed by atoms with Crippen LogP contribution in [0.15, 0.2) is 47.7 Å². The monoisotopic (exact) mass is 514 g/mol. The highest BCUT2D eigenvalue weighted by Crippen LogP contribution is 2.47. The Morgan fingerprint density at radius 2 is 1.62 bits per heavy atom. The summed E-state index contributed by atoms with van der Waals surface area (Å²) < 4.78 is 58.0. The number of halogens is 3. The van der Waals surface area contributed by atoms with E-state index in [4.69, 9.17) is 14.2 Å². The van der Waals surface area contributed by atoms with E-state index in [0.717, 1.165) is 15.8 Å². The topological polar surface area (TPSA) is 87.5 Å². The van der Waals surface area contributed by atoms with Crippen molar-refractivity contribution in [1.82, 2.24) is 14.8 Å². The number of nitrogens with one attached hydrogen (secondary N) is 1. The van der Waals surface area contributed by atoms with Gasteiger partial charge in [0.25, 0.3) is 5.82 Å². The van der Waals surface area contributed by atoms with Gasteiger partial charge in [-0.15, -0.1) is 5.10 Å². The lowest BCUT2D eigenvalue weighted by Crippen LogP contribution is -2.33. The molecule has 194 valence electrons. The molecule has 11 heteroatoms. The molecular formula is C26H25F3N4O4. The van der Waals surface area contributed by atoms with Crippen molar-refractivity contribution < 1.29 is 32.2 Å². The lowest BCUT2D eigenvalue weighted by atomic mass is 9.77. The van der Waals surface area contributed by atoms with Crippen molar-refractivity contribution in [2.24, 2.45) is 0 Å². The van der Waals surface area contributed by atoms with Crippen LogP contribution in [0.5, 0.6) is 17.2 Å². The standard InChI is InChI=1S/C26H25F3N4O4/c1-13-5-7-14(8-6-13)22-21-17(30-25-31-24(26(27,28)29)32-33(22)25)9-15(10-18(21)34)16-11-19(35-2)23(37-4)20(12-16)36-3/h5-8,11-12,15,22H,9-10H2,1-4H3,(H,30,31,32). The molecule has 1 aliphatic heterocycles. The third-order valence-corrected chi connectivity index (χ3v) is 6.72. The van der Waals surface area contributed by atoms with Gasteiger partial charge >= 0.3 is 6.18 Å². The number of alkyl halides is 3. The molecule has 0 fully saturated rings. The quantitative estimate of drug-likeness (QED) is 0.510. The normalized spacial score (nSPS) is 19.2. The molecule has 2 atom stereocenters. The van der Waals surface area contributed by atoms with Gasteiger partial charge in [-0.2, -0.15) is 18.2 Å². The van der Waals surface area contributed by atoms with E-state index in [-0.39, 0.29) is 24.1 Å². The maximum absolute atomic E-state index is 13.6. The molecule has 0 radical (unpaired) electrons. The molecule has 2 aromatic carbocycles. The van der Waals surface area contributed by atoms with Gasteiger partial charge in [0, 0.05) is 17.7 Å². The molecule has 0 saturated heterocycles. The predicted octanol–water partition coefficient (Wildman–Crippen LogP) is 5.05. The minimum absolute atomic E-state index is 0.0602. The summed E-state index contributed by atoms with van der Waals surface area (Å²) in [5.74, 6) is -0.453. The molecule has 37 heavy (non-hydrogen) atoms. The number of ketones is 1. The first-order valence-electron chi connectivity index (χ1n) is 11.6. The summed E-state index contributed by atoms with van der Waals surface area (Å²) in [5.41, 5.74) is 3.33. The van der Waals surface area contributed by atoms with Crippen LogP contribution in [0.2, 0.25) is 0 Å². The van der Waals surface area contributed by atoms with E-state index in [1.807, 2.05) is 19.1 Å². The van der Waals surface area contributed by atoms with Crippen LogP contribution >= 0.6 is 0 Å². The average Bonchev–Trinajstić information content (AvgIpc) is 3.31. The summed E-state index contributed by atoms with van der Waals surface area (Å²) in [5, 5.41) is 6.73. The number of methoxy groups -OCH3 is 3. The van der Waals surface area contributed by atoms with Crippen LogP contribution < -0.4 is 19.5 Å². The van der Waals surface area contributed by atoms with Gasteiger partial charge in [-0.1, -0.05) is 29.8 Å². The van der Waals surface area contributed by atoms with E-state index >= 15 is 0 Å². The Bertz CT molecular complexity index is 1370. The highest BCUT2D eigenvalue weighted by atomic mass is 19.4. The maximum Gasteiger partial charge on any atom is 0.453 e. The first kappa shape index (κ1) is 24.7. The molecule has 0 bridgehead atoms. The van der Waals surface area contributed by atoms with Gasteiger partial charge in [0.2, 0.25) is 11.7 Å². The van der Waals surface area contributed by atoms with Crippen molar-refractivity contribution in [2.75, 3.05) is 26.6 Å². The van der Waals surface area contributed by atoms with Crippen LogP contribution in [0.4, 0.5) is 19.1 Å². The summed E-state index contributed by atoms with van der Waals surface area (Å²) in [7, 11) is 4.52. The zero-order valence-corrected chi connectivity index (χ0v) is 20.6. The molecule has 2 aliphatic rings. The van der Waals surface area contributed by atoms with Crippen molar-refractivity contribution in [1.29, 1.82) is 0 Å². The fourth-order valence-electron chi connectivity index (χ4n) is 4.96. The van der Waals surface area contributed by atoms with Crippen LogP contribution in [0, 0.1) is 6.92 Å². The number of allylic oxidation sites excluding steroid dienone is 2. The molecule has 5 rings (SSSR count). The number of aryl methyl sites for hydroxylation is 1. The van der Waals surface area contributed by atoms with Crippen LogP contribution in [0.3, 0.4) is 0 Å². The van der Waals surface area contributed by atoms with Crippen molar-refractivity contribution in [3.05, 3.63) is 70.2 Å². The molecule has 1 aliphatic carbocycles. The van der Waals surface area contributed by atoms with E-state index in [1.54, 1.807) is 24.3 Å². The van der Waals surface area contributed by atoms with Gasteiger partial charge in [-0.05, 0) is 42.5 Å². The molecule has 2 heterocycles. The van der Waals surface area contributed by atoms with E-state index in [2.05, 4.69) is 15.4 Å². The predicted molar refractivity (Wildman–Crippen MR) is 128 cm³/mol. The summed E-state index contributed by atoms with van der Waals surface area (Å²) in [6, 6.07) is 10.0. The van der Waals surface area contributed by atoms with Crippen molar-refractivity contribution in [3.8, 4) is 17.2 Å². The van der Waals surface area contributed by atoms with Gasteiger partial charge in [0.15, 0.2) is 17.3 Å². The molecule has 0 saturated carbocycles. The zero-order valence-electron chi connectivity index (χ0n) is 20.6. The lowest BCUT2D eigenvalue weighted by Gasteiger charge is -2.35. The van der Waals surface area contributed by atoms with Crippen LogP contribution in [-0.2, 0) is 11.0 Å². The number of carbonyl (C=O) groups excluding carboxylic acids is 1. The highest BCUT2D eigenvalue weighted by molar-refractivity contribution is 6.00. The Balaban J connectivity index is 1.60. The van der Waals surface area contributed by atoms with Crippen molar-refractivity contribution in [2.45, 2.75) is 37.9 Å². The Morgan fingerprint density at radius 3 is 2.19 bits per heavy atom. The van der Waals surface area contributed by atoms with Gasteiger partial charge < -0.3 is 19.5 Å². The number of hydrogen-bond acceptors (Lipinski definition) is 7. The van der Waals surface area contributed by atoms with Crippen LogP contribution in [0.1, 0.15) is 47.3 Å². The minimum atomic E-state index is -4.73. The second-order valence-electron chi connectivity index (χ2n) is 9.02. The van der Waals surface area contributed by atoms with Crippen LogP contribution in [0.25, 0.3) is 0 Å². The zero-order chi connectivity index (χ0) is 26.5.